The van der Waals surface area contributed by atoms with Crippen molar-refractivity contribution in [2.45, 2.75) is 56.7 Å². The smallest absolute Gasteiger partial charge is 0.226 e. The minimum Gasteiger partial charge on any atom is -0.374 e. The maximum atomic E-state index is 5.81. The van der Waals surface area contributed by atoms with Gasteiger partial charge in [-0.1, -0.05) is 5.16 Å². The van der Waals surface area contributed by atoms with E-state index in [0.29, 0.717) is 18.1 Å². The molecule has 0 amide bonds. The summed E-state index contributed by atoms with van der Waals surface area (Å²) in [5.41, 5.74) is 5.46. The second kappa shape index (κ2) is 4.74. The summed E-state index contributed by atoms with van der Waals surface area (Å²) >= 11 is 0. The van der Waals surface area contributed by atoms with Crippen LogP contribution in [0.4, 0.5) is 0 Å². The minimum atomic E-state index is 0.328. The van der Waals surface area contributed by atoms with E-state index in [-0.39, 0.29) is 0 Å². The number of nitrogens with two attached hydrogens (primary N) is 1. The fourth-order valence-electron chi connectivity index (χ4n) is 2.85. The Kier molecular flexibility index (Phi) is 3.11. The fourth-order valence-corrected chi connectivity index (χ4v) is 2.85. The van der Waals surface area contributed by atoms with Gasteiger partial charge in [0.15, 0.2) is 5.82 Å². The zero-order valence-corrected chi connectivity index (χ0v) is 9.97. The van der Waals surface area contributed by atoms with E-state index in [1.807, 2.05) is 0 Å². The molecule has 3 rings (SSSR count). The molecule has 2 aliphatic heterocycles. The van der Waals surface area contributed by atoms with E-state index in [1.54, 1.807) is 0 Å². The van der Waals surface area contributed by atoms with Crippen molar-refractivity contribution >= 4 is 0 Å². The highest BCUT2D eigenvalue weighted by molar-refractivity contribution is 5.06. The first kappa shape index (κ1) is 11.2. The van der Waals surface area contributed by atoms with Gasteiger partial charge in [-0.15, -0.1) is 0 Å². The maximum absolute atomic E-state index is 5.81. The number of rotatable bonds is 5. The normalized spacial score (nSPS) is 31.2. The van der Waals surface area contributed by atoms with E-state index >= 15 is 0 Å². The summed E-state index contributed by atoms with van der Waals surface area (Å²) in [5.74, 6) is 1.96. The van der Waals surface area contributed by atoms with Gasteiger partial charge in [-0.2, -0.15) is 4.98 Å². The zero-order chi connectivity index (χ0) is 11.7. The highest BCUT2D eigenvalue weighted by Gasteiger charge is 2.43. The maximum Gasteiger partial charge on any atom is 0.226 e. The summed E-state index contributed by atoms with van der Waals surface area (Å²) in [7, 11) is 0. The van der Waals surface area contributed by atoms with Crippen molar-refractivity contribution in [2.75, 3.05) is 6.54 Å². The second-order valence-corrected chi connectivity index (χ2v) is 5.01. The van der Waals surface area contributed by atoms with Gasteiger partial charge in [-0.25, -0.2) is 0 Å². The van der Waals surface area contributed by atoms with Gasteiger partial charge in [0.05, 0.1) is 18.1 Å². The van der Waals surface area contributed by atoms with Gasteiger partial charge in [-0.3, -0.25) is 0 Å². The van der Waals surface area contributed by atoms with Crippen LogP contribution in [0.5, 0.6) is 0 Å². The molecule has 1 aromatic heterocycles. The highest BCUT2D eigenvalue weighted by Crippen LogP contribution is 2.43. The standard InChI is InChI=1S/C12H19N3O2/c13-6-2-1-3-11-14-12(15-17-11)9-7-8-4-5-10(9)16-8/h8-10H,1-7,13H2. The van der Waals surface area contributed by atoms with Gasteiger partial charge in [0.25, 0.3) is 0 Å². The van der Waals surface area contributed by atoms with Crippen LogP contribution in [0.1, 0.15) is 49.7 Å². The van der Waals surface area contributed by atoms with Crippen molar-refractivity contribution in [3.8, 4) is 0 Å². The Bertz CT molecular complexity index is 380. The molecule has 2 saturated heterocycles. The summed E-state index contributed by atoms with van der Waals surface area (Å²) in [4.78, 5) is 4.48. The SMILES string of the molecule is NCCCCc1nc(C2CC3CCC2O3)no1. The highest BCUT2D eigenvalue weighted by atomic mass is 16.5. The Hall–Kier alpha value is -0.940. The van der Waals surface area contributed by atoms with Gasteiger partial charge < -0.3 is 15.0 Å². The molecule has 5 heteroatoms. The Morgan fingerprint density at radius 2 is 2.24 bits per heavy atom. The van der Waals surface area contributed by atoms with Gasteiger partial charge >= 0.3 is 0 Å². The molecule has 0 spiro atoms. The third-order valence-electron chi connectivity index (χ3n) is 3.77. The molecule has 0 aromatic carbocycles. The monoisotopic (exact) mass is 237 g/mol. The first-order chi connectivity index (χ1) is 8.36. The predicted molar refractivity (Wildman–Crippen MR) is 61.5 cm³/mol. The van der Waals surface area contributed by atoms with Crippen molar-refractivity contribution in [1.82, 2.24) is 10.1 Å². The number of aryl methyl sites for hydroxylation is 1. The molecule has 2 N–H and O–H groups in total. The topological polar surface area (TPSA) is 74.2 Å². The van der Waals surface area contributed by atoms with Crippen molar-refractivity contribution in [2.24, 2.45) is 5.73 Å². The third kappa shape index (κ3) is 2.21. The molecule has 0 saturated carbocycles. The van der Waals surface area contributed by atoms with Crippen molar-refractivity contribution in [1.29, 1.82) is 0 Å². The molecule has 2 aliphatic rings. The van der Waals surface area contributed by atoms with Gasteiger partial charge in [0.1, 0.15) is 0 Å². The van der Waals surface area contributed by atoms with Crippen LogP contribution in [0.25, 0.3) is 0 Å². The molecule has 2 fully saturated rings. The number of aromatic nitrogens is 2. The zero-order valence-electron chi connectivity index (χ0n) is 9.97. The van der Waals surface area contributed by atoms with E-state index in [2.05, 4.69) is 10.1 Å². The Morgan fingerprint density at radius 3 is 2.94 bits per heavy atom. The number of hydrogen-bond donors (Lipinski definition) is 1. The number of unbranched alkanes of at least 4 members (excludes halogenated alkanes) is 1. The van der Waals surface area contributed by atoms with E-state index in [9.17, 15) is 0 Å². The van der Waals surface area contributed by atoms with E-state index in [4.69, 9.17) is 15.0 Å². The van der Waals surface area contributed by atoms with E-state index < -0.39 is 0 Å². The lowest BCUT2D eigenvalue weighted by atomic mass is 9.89. The lowest BCUT2D eigenvalue weighted by Gasteiger charge is -2.13. The molecule has 0 radical (unpaired) electrons. The lowest BCUT2D eigenvalue weighted by Crippen LogP contribution is -2.15. The van der Waals surface area contributed by atoms with Crippen LogP contribution in [0.2, 0.25) is 0 Å². The van der Waals surface area contributed by atoms with Gasteiger partial charge in [0.2, 0.25) is 5.89 Å². The summed E-state index contributed by atoms with van der Waals surface area (Å²) in [6.45, 7) is 0.723. The van der Waals surface area contributed by atoms with Crippen molar-refractivity contribution in [3.63, 3.8) is 0 Å². The van der Waals surface area contributed by atoms with Gasteiger partial charge in [-0.05, 0) is 38.6 Å². The number of nitrogens with zero attached hydrogens (tertiary/aromatic N) is 2. The molecule has 3 atom stereocenters. The molecular formula is C12H19N3O2. The predicted octanol–water partition coefficient (Wildman–Crippen LogP) is 1.39. The quantitative estimate of drug-likeness (QED) is 0.783. The van der Waals surface area contributed by atoms with E-state index in [1.165, 1.54) is 6.42 Å². The van der Waals surface area contributed by atoms with Crippen LogP contribution >= 0.6 is 0 Å². The minimum absolute atomic E-state index is 0.328. The first-order valence-corrected chi connectivity index (χ1v) is 6.55. The number of fused-ring (bicyclic) bond motifs is 2. The number of hydrogen-bond acceptors (Lipinski definition) is 5. The molecule has 5 nitrogen and oxygen atoms in total. The summed E-state index contributed by atoms with van der Waals surface area (Å²) in [5, 5.41) is 4.10. The fraction of sp³-hybridized carbons (Fsp3) is 0.833. The Balaban J connectivity index is 1.60. The molecule has 3 heterocycles. The largest absolute Gasteiger partial charge is 0.374 e. The summed E-state index contributed by atoms with van der Waals surface area (Å²) in [6.07, 6.45) is 7.03. The average Bonchev–Trinajstić information content (AvgIpc) is 3.04. The molecule has 94 valence electrons. The molecule has 1 aromatic rings. The Morgan fingerprint density at radius 1 is 1.29 bits per heavy atom. The summed E-state index contributed by atoms with van der Waals surface area (Å²) in [6, 6.07) is 0. The third-order valence-corrected chi connectivity index (χ3v) is 3.77. The molecular weight excluding hydrogens is 218 g/mol. The van der Waals surface area contributed by atoms with Crippen LogP contribution < -0.4 is 5.73 Å². The van der Waals surface area contributed by atoms with Crippen LogP contribution in [0.15, 0.2) is 4.52 Å². The molecule has 17 heavy (non-hydrogen) atoms. The van der Waals surface area contributed by atoms with Crippen LogP contribution in [0, 0.1) is 0 Å². The van der Waals surface area contributed by atoms with Crippen molar-refractivity contribution < 1.29 is 9.26 Å². The number of ether oxygens (including phenoxy) is 1. The lowest BCUT2D eigenvalue weighted by molar-refractivity contribution is 0.0996. The second-order valence-electron chi connectivity index (χ2n) is 5.01. The summed E-state index contributed by atoms with van der Waals surface area (Å²) < 4.78 is 11.1. The average molecular weight is 237 g/mol. The first-order valence-electron chi connectivity index (χ1n) is 6.55. The van der Waals surface area contributed by atoms with E-state index in [0.717, 1.165) is 50.4 Å². The van der Waals surface area contributed by atoms with Crippen LogP contribution in [-0.4, -0.2) is 28.9 Å². The van der Waals surface area contributed by atoms with Crippen molar-refractivity contribution in [3.05, 3.63) is 11.7 Å². The molecule has 3 unspecified atom stereocenters. The van der Waals surface area contributed by atoms with Crippen LogP contribution in [0.3, 0.4) is 0 Å². The molecule has 2 bridgehead atoms. The van der Waals surface area contributed by atoms with Gasteiger partial charge in [0, 0.05) is 6.42 Å². The Labute approximate surface area is 101 Å². The van der Waals surface area contributed by atoms with Crippen LogP contribution in [-0.2, 0) is 11.2 Å². The molecule has 0 aliphatic carbocycles.